The number of anilines is 1. The maximum absolute atomic E-state index is 13.4. The van der Waals surface area contributed by atoms with Crippen molar-refractivity contribution in [3.63, 3.8) is 0 Å². The van der Waals surface area contributed by atoms with Crippen molar-refractivity contribution in [2.75, 3.05) is 45.2 Å². The Morgan fingerprint density at radius 3 is 2.29 bits per heavy atom. The number of unbranched alkanes of at least 4 members (excludes halogenated alkanes) is 1. The molecule has 3 rings (SSSR count). The molecule has 0 saturated carbocycles. The fourth-order valence-electron chi connectivity index (χ4n) is 3.74. The van der Waals surface area contributed by atoms with Crippen molar-refractivity contribution in [1.82, 2.24) is 25.1 Å². The van der Waals surface area contributed by atoms with Gasteiger partial charge >= 0.3 is 13.7 Å². The number of rotatable bonds is 9. The molecule has 1 aliphatic rings. The van der Waals surface area contributed by atoms with E-state index < -0.39 is 30.8 Å². The van der Waals surface area contributed by atoms with Crippen LogP contribution in [0.15, 0.2) is 36.4 Å². The topological polar surface area (TPSA) is 174 Å². The van der Waals surface area contributed by atoms with Gasteiger partial charge in [-0.25, -0.2) is 14.8 Å². The summed E-state index contributed by atoms with van der Waals surface area (Å²) in [6.45, 7) is 3.53. The number of hydrogen-bond acceptors (Lipinski definition) is 8. The van der Waals surface area contributed by atoms with Crippen LogP contribution in [-0.4, -0.2) is 92.6 Å². The molecule has 0 radical (unpaired) electrons. The largest absolute Gasteiger partial charge is 0.449 e. The van der Waals surface area contributed by atoms with Gasteiger partial charge in [0.05, 0.1) is 6.61 Å². The van der Waals surface area contributed by atoms with E-state index in [4.69, 9.17) is 4.74 Å². The van der Waals surface area contributed by atoms with E-state index in [9.17, 15) is 28.7 Å². The van der Waals surface area contributed by atoms with E-state index in [1.54, 1.807) is 31.3 Å². The first-order valence-corrected chi connectivity index (χ1v) is 13.8. The van der Waals surface area contributed by atoms with Gasteiger partial charge in [0.1, 0.15) is 11.5 Å². The zero-order chi connectivity index (χ0) is 27.9. The fraction of sp³-hybridized carbons (Fsp3) is 0.458. The van der Waals surface area contributed by atoms with Gasteiger partial charge in [-0.3, -0.25) is 14.2 Å². The lowest BCUT2D eigenvalue weighted by molar-refractivity contribution is -0.136. The van der Waals surface area contributed by atoms with E-state index in [-0.39, 0.29) is 37.7 Å². The van der Waals surface area contributed by atoms with Crippen LogP contribution in [0.3, 0.4) is 0 Å². The number of benzene rings is 1. The van der Waals surface area contributed by atoms with Gasteiger partial charge in [0.15, 0.2) is 5.82 Å². The molecule has 1 saturated heterocycles. The molecule has 1 aromatic heterocycles. The van der Waals surface area contributed by atoms with Gasteiger partial charge in [0.2, 0.25) is 5.28 Å². The van der Waals surface area contributed by atoms with Crippen LogP contribution in [0.2, 0.25) is 0 Å². The van der Waals surface area contributed by atoms with Gasteiger partial charge in [0.25, 0.3) is 11.8 Å². The first kappa shape index (κ1) is 29.0. The summed E-state index contributed by atoms with van der Waals surface area (Å²) in [5.74, 6) is -1.41. The molecule has 13 nitrogen and oxygen atoms in total. The summed E-state index contributed by atoms with van der Waals surface area (Å²) < 4.78 is 17.7. The van der Waals surface area contributed by atoms with Crippen molar-refractivity contribution in [3.8, 4) is 11.4 Å². The first-order valence-electron chi connectivity index (χ1n) is 12.2. The third-order valence-electron chi connectivity index (χ3n) is 6.15. The minimum absolute atomic E-state index is 0.0166. The molecule has 0 bridgehead atoms. The number of aromatic nitrogens is 2. The molecule has 1 aliphatic heterocycles. The van der Waals surface area contributed by atoms with Gasteiger partial charge in [-0.05, 0) is 13.3 Å². The Hall–Kier alpha value is -3.54. The highest BCUT2D eigenvalue weighted by Crippen LogP contribution is 2.49. The molecule has 2 aromatic rings. The Morgan fingerprint density at radius 1 is 1.08 bits per heavy atom. The second-order valence-corrected chi connectivity index (χ2v) is 10.9. The fourth-order valence-corrected chi connectivity index (χ4v) is 4.38. The van der Waals surface area contributed by atoms with E-state index in [0.717, 1.165) is 19.8 Å². The molecule has 0 spiro atoms. The van der Waals surface area contributed by atoms with Crippen molar-refractivity contribution in [1.29, 1.82) is 0 Å². The van der Waals surface area contributed by atoms with Crippen LogP contribution in [0, 0.1) is 0 Å². The number of amides is 3. The second-order valence-electron chi connectivity index (χ2n) is 8.90. The van der Waals surface area contributed by atoms with E-state index in [2.05, 4.69) is 20.6 Å². The van der Waals surface area contributed by atoms with Crippen molar-refractivity contribution in [2.24, 2.45) is 0 Å². The molecule has 14 heteroatoms. The number of carbonyl (C=O) groups excluding carboxylic acids is 3. The lowest BCUT2D eigenvalue weighted by Gasteiger charge is -2.39. The maximum atomic E-state index is 13.4. The van der Waals surface area contributed by atoms with Gasteiger partial charge in [-0.1, -0.05) is 43.7 Å². The average Bonchev–Trinajstić information content (AvgIpc) is 2.92. The molecule has 2 heterocycles. The molecular weight excluding hydrogens is 515 g/mol. The lowest BCUT2D eigenvalue weighted by Crippen LogP contribution is -2.61. The van der Waals surface area contributed by atoms with Gasteiger partial charge in [-0.2, -0.15) is 0 Å². The summed E-state index contributed by atoms with van der Waals surface area (Å²) >= 11 is 0. The molecule has 1 atom stereocenters. The van der Waals surface area contributed by atoms with Crippen molar-refractivity contribution in [3.05, 3.63) is 42.1 Å². The lowest BCUT2D eigenvalue weighted by atomic mass is 10.2. The van der Waals surface area contributed by atoms with Gasteiger partial charge in [-0.15, -0.1) is 0 Å². The van der Waals surface area contributed by atoms with E-state index in [1.165, 1.54) is 15.9 Å². The number of ether oxygens (including phenoxy) is 1. The number of piperazine rings is 1. The predicted octanol–water partition coefficient (Wildman–Crippen LogP) is 1.89. The first-order chi connectivity index (χ1) is 18.0. The predicted molar refractivity (Wildman–Crippen MR) is 139 cm³/mol. The zero-order valence-corrected chi connectivity index (χ0v) is 22.5. The minimum Gasteiger partial charge on any atom is -0.449 e. The molecule has 3 amide bonds. The normalized spacial score (nSPS) is 15.4. The molecule has 38 heavy (non-hydrogen) atoms. The van der Waals surface area contributed by atoms with E-state index in [1.807, 2.05) is 13.0 Å². The van der Waals surface area contributed by atoms with Crippen LogP contribution < -0.4 is 10.6 Å². The summed E-state index contributed by atoms with van der Waals surface area (Å²) in [6, 6.07) is 10.2. The molecule has 4 N–H and O–H groups in total. The van der Waals surface area contributed by atoms with Crippen LogP contribution in [0.25, 0.3) is 11.4 Å². The zero-order valence-electron chi connectivity index (χ0n) is 21.6. The van der Waals surface area contributed by atoms with Crippen molar-refractivity contribution in [2.45, 2.75) is 32.0 Å². The minimum atomic E-state index is -5.21. The molecule has 0 unspecified atom stereocenters. The quantitative estimate of drug-likeness (QED) is 0.268. The second kappa shape index (κ2) is 12.3. The van der Waals surface area contributed by atoms with Crippen LogP contribution in [0.1, 0.15) is 37.2 Å². The number of nitrogens with zero attached hydrogens (tertiary/aromatic N) is 4. The monoisotopic (exact) mass is 548 g/mol. The molecule has 1 fully saturated rings. The highest BCUT2D eigenvalue weighted by atomic mass is 31.2. The van der Waals surface area contributed by atoms with Crippen LogP contribution in [0.4, 0.5) is 10.6 Å². The summed E-state index contributed by atoms with van der Waals surface area (Å²) in [4.78, 5) is 70.3. The Morgan fingerprint density at radius 2 is 1.71 bits per heavy atom. The van der Waals surface area contributed by atoms with Crippen molar-refractivity contribution < 1.29 is 33.5 Å². The van der Waals surface area contributed by atoms with Crippen LogP contribution >= 0.6 is 7.60 Å². The molecule has 0 aliphatic carbocycles. The van der Waals surface area contributed by atoms with Gasteiger partial charge < -0.3 is 35.0 Å². The van der Waals surface area contributed by atoms with Crippen LogP contribution in [-0.2, 0) is 14.1 Å². The standard InChI is InChI=1S/C24H33N6O7P/c1-4-5-15-37-23(33)30-13-11-29(12-14-30)22(32)24(2,38(34,35)36)28-21(31)18-16-19(25-3)27-20(26-18)17-9-7-6-8-10-17/h6-10,16H,4-5,11-15H2,1-3H3,(H,28,31)(H,25,26,27)(H2,34,35,36)/t24-/m0/s1. The Kier molecular flexibility index (Phi) is 9.42. The summed E-state index contributed by atoms with van der Waals surface area (Å²) in [6.07, 6.45) is 1.11. The molecule has 1 aromatic carbocycles. The summed E-state index contributed by atoms with van der Waals surface area (Å²) in [7, 11) is -3.62. The van der Waals surface area contributed by atoms with Crippen molar-refractivity contribution >= 4 is 31.3 Å². The number of nitrogens with one attached hydrogen (secondary N) is 2. The third-order valence-corrected chi connectivity index (χ3v) is 7.62. The molecule has 206 valence electrons. The average molecular weight is 549 g/mol. The maximum Gasteiger partial charge on any atom is 0.409 e. The number of carbonyl (C=O) groups is 3. The molecular formula is C24H33N6O7P. The smallest absolute Gasteiger partial charge is 0.409 e. The van der Waals surface area contributed by atoms with E-state index in [0.29, 0.717) is 18.0 Å². The summed E-state index contributed by atoms with van der Waals surface area (Å²) in [5, 5.41) is 2.49. The third kappa shape index (κ3) is 6.66. The summed E-state index contributed by atoms with van der Waals surface area (Å²) in [5.41, 5.74) is 0.439. The number of hydrogen-bond donors (Lipinski definition) is 4. The van der Waals surface area contributed by atoms with Gasteiger partial charge in [0, 0.05) is 44.9 Å². The Balaban J connectivity index is 1.79. The SMILES string of the molecule is CCCCOC(=O)N1CCN(C(=O)[C@@](C)(NC(=O)c2cc(NC)nc(-c3ccccc3)n2)P(=O)(O)O)CC1. The Labute approximate surface area is 220 Å². The Bertz CT molecular complexity index is 1200. The van der Waals surface area contributed by atoms with Crippen LogP contribution in [0.5, 0.6) is 0 Å². The highest BCUT2D eigenvalue weighted by molar-refractivity contribution is 7.54. The highest BCUT2D eigenvalue weighted by Gasteiger charge is 2.53. The van der Waals surface area contributed by atoms with E-state index >= 15 is 0 Å².